The van der Waals surface area contributed by atoms with Crippen LogP contribution in [0, 0.1) is 13.8 Å². The molecule has 1 fully saturated rings. The van der Waals surface area contributed by atoms with Crippen molar-refractivity contribution in [1.29, 1.82) is 0 Å². The summed E-state index contributed by atoms with van der Waals surface area (Å²) in [6.45, 7) is 4.68. The van der Waals surface area contributed by atoms with Crippen molar-refractivity contribution in [2.45, 2.75) is 26.2 Å². The number of amides is 1. The molecule has 0 bridgehead atoms. The van der Waals surface area contributed by atoms with Crippen LogP contribution in [0.2, 0.25) is 0 Å². The van der Waals surface area contributed by atoms with E-state index in [4.69, 9.17) is 4.52 Å². The van der Waals surface area contributed by atoms with Crippen LogP contribution < -0.4 is 4.90 Å². The van der Waals surface area contributed by atoms with Gasteiger partial charge in [0.1, 0.15) is 0 Å². The van der Waals surface area contributed by atoms with Gasteiger partial charge in [-0.1, -0.05) is 23.4 Å². The molecule has 3 heterocycles. The van der Waals surface area contributed by atoms with Crippen molar-refractivity contribution < 1.29 is 9.32 Å². The molecule has 1 amide bonds. The fourth-order valence-electron chi connectivity index (χ4n) is 3.84. The van der Waals surface area contributed by atoms with Crippen molar-refractivity contribution in [2.24, 2.45) is 0 Å². The third-order valence-corrected chi connectivity index (χ3v) is 5.60. The van der Waals surface area contributed by atoms with E-state index in [9.17, 15) is 4.79 Å². The van der Waals surface area contributed by atoms with Gasteiger partial charge in [0.15, 0.2) is 5.82 Å². The smallest absolute Gasteiger partial charge is 0.258 e. The molecule has 5 rings (SSSR count). The van der Waals surface area contributed by atoms with Crippen LogP contribution in [0.25, 0.3) is 22.4 Å². The normalized spacial score (nSPS) is 17.0. The number of nitrogens with zero attached hydrogens (tertiary/aromatic N) is 3. The molecule has 1 aliphatic heterocycles. The molecule has 0 aliphatic carbocycles. The molecular formula is C22H20N4O2. The van der Waals surface area contributed by atoms with Crippen molar-refractivity contribution in [2.75, 3.05) is 11.4 Å². The third kappa shape index (κ3) is 2.69. The number of carbonyl (C=O) groups excluding carboxylic acids is 1. The molecule has 1 aliphatic rings. The molecule has 0 spiro atoms. The average Bonchev–Trinajstić information content (AvgIpc) is 3.42. The fourth-order valence-corrected chi connectivity index (χ4v) is 3.84. The molecule has 2 aromatic heterocycles. The van der Waals surface area contributed by atoms with Crippen LogP contribution in [-0.4, -0.2) is 27.6 Å². The van der Waals surface area contributed by atoms with Crippen LogP contribution in [0.3, 0.4) is 0 Å². The van der Waals surface area contributed by atoms with Crippen LogP contribution in [0.4, 0.5) is 5.69 Å². The minimum absolute atomic E-state index is 0.0702. The van der Waals surface area contributed by atoms with Gasteiger partial charge in [-0.3, -0.25) is 4.79 Å². The zero-order valence-corrected chi connectivity index (χ0v) is 15.8. The van der Waals surface area contributed by atoms with Crippen molar-refractivity contribution in [1.82, 2.24) is 15.1 Å². The molecule has 6 nitrogen and oxygen atoms in total. The average molecular weight is 372 g/mol. The highest BCUT2D eigenvalue weighted by atomic mass is 16.5. The minimum atomic E-state index is -0.0702. The molecule has 1 unspecified atom stereocenters. The first-order chi connectivity index (χ1) is 13.6. The van der Waals surface area contributed by atoms with Crippen molar-refractivity contribution in [3.8, 4) is 11.5 Å². The molecule has 1 N–H and O–H groups in total. The number of fused-ring (bicyclic) bond motifs is 1. The van der Waals surface area contributed by atoms with Gasteiger partial charge in [0.05, 0.1) is 0 Å². The lowest BCUT2D eigenvalue weighted by molar-refractivity contribution is -0.117. The highest BCUT2D eigenvalue weighted by molar-refractivity contribution is 5.97. The summed E-state index contributed by atoms with van der Waals surface area (Å²) in [5, 5.41) is 5.30. The van der Waals surface area contributed by atoms with E-state index in [-0.39, 0.29) is 11.8 Å². The Morgan fingerprint density at radius 1 is 1.18 bits per heavy atom. The highest BCUT2D eigenvalue weighted by Gasteiger charge is 2.35. The molecule has 28 heavy (non-hydrogen) atoms. The Labute approximate surface area is 162 Å². The molecule has 6 heteroatoms. The highest BCUT2D eigenvalue weighted by Crippen LogP contribution is 2.34. The Balaban J connectivity index is 1.42. The SMILES string of the molecule is Cc1cccc(N2CC(c3noc(-c4ccc5cc[nH]c5c4)n3)CC2=O)c1C. The summed E-state index contributed by atoms with van der Waals surface area (Å²) < 4.78 is 5.50. The predicted octanol–water partition coefficient (Wildman–Crippen LogP) is 4.36. The van der Waals surface area contributed by atoms with Crippen molar-refractivity contribution in [3.05, 3.63) is 65.6 Å². The standard InChI is InChI=1S/C22H20N4O2/c1-13-4-3-5-19(14(13)2)26-12-17(11-20(26)27)21-24-22(28-25-21)16-7-6-15-8-9-23-18(15)10-16/h3-10,17,23H,11-12H2,1-2H3. The van der Waals surface area contributed by atoms with Crippen LogP contribution >= 0.6 is 0 Å². The molecule has 2 aromatic carbocycles. The number of aryl methyl sites for hydroxylation is 1. The van der Waals surface area contributed by atoms with E-state index >= 15 is 0 Å². The van der Waals surface area contributed by atoms with Crippen LogP contribution in [0.15, 0.2) is 53.2 Å². The number of hydrogen-bond donors (Lipinski definition) is 1. The molecule has 140 valence electrons. The molecule has 1 saturated heterocycles. The second kappa shape index (κ2) is 6.34. The van der Waals surface area contributed by atoms with Gasteiger partial charge in [0, 0.05) is 41.8 Å². The first-order valence-electron chi connectivity index (χ1n) is 9.38. The molecule has 4 aromatic rings. The first kappa shape index (κ1) is 16.7. The zero-order chi connectivity index (χ0) is 19.3. The van der Waals surface area contributed by atoms with E-state index in [1.807, 2.05) is 47.5 Å². The Morgan fingerprint density at radius 2 is 2.07 bits per heavy atom. The van der Waals surface area contributed by atoms with Gasteiger partial charge in [-0.15, -0.1) is 0 Å². The minimum Gasteiger partial charge on any atom is -0.361 e. The van der Waals surface area contributed by atoms with Crippen LogP contribution in [0.5, 0.6) is 0 Å². The Kier molecular flexibility index (Phi) is 3.79. The van der Waals surface area contributed by atoms with Gasteiger partial charge < -0.3 is 14.4 Å². The third-order valence-electron chi connectivity index (χ3n) is 5.60. The van der Waals surface area contributed by atoms with E-state index in [0.717, 1.165) is 27.7 Å². The summed E-state index contributed by atoms with van der Waals surface area (Å²) >= 11 is 0. The number of aromatic amines is 1. The lowest BCUT2D eigenvalue weighted by Crippen LogP contribution is -2.25. The lowest BCUT2D eigenvalue weighted by Gasteiger charge is -2.19. The number of nitrogens with one attached hydrogen (secondary N) is 1. The van der Waals surface area contributed by atoms with Crippen LogP contribution in [-0.2, 0) is 4.79 Å². The fraction of sp³-hybridized carbons (Fsp3) is 0.227. The summed E-state index contributed by atoms with van der Waals surface area (Å²) in [5.74, 6) is 1.09. The second-order valence-electron chi connectivity index (χ2n) is 7.36. The molecule has 0 radical (unpaired) electrons. The van der Waals surface area contributed by atoms with Gasteiger partial charge in [-0.05, 0) is 54.6 Å². The Bertz CT molecular complexity index is 1190. The maximum atomic E-state index is 12.7. The zero-order valence-electron chi connectivity index (χ0n) is 15.8. The van der Waals surface area contributed by atoms with Gasteiger partial charge in [0.2, 0.25) is 5.91 Å². The number of hydrogen-bond acceptors (Lipinski definition) is 4. The molecule has 0 saturated carbocycles. The topological polar surface area (TPSA) is 75.0 Å². The van der Waals surface area contributed by atoms with Crippen molar-refractivity contribution in [3.63, 3.8) is 0 Å². The maximum Gasteiger partial charge on any atom is 0.258 e. The first-order valence-corrected chi connectivity index (χ1v) is 9.38. The number of H-pyrrole nitrogens is 1. The number of carbonyl (C=O) groups is 1. The van der Waals surface area contributed by atoms with E-state index in [2.05, 4.69) is 35.0 Å². The molecule has 1 atom stereocenters. The van der Waals surface area contributed by atoms with E-state index < -0.39 is 0 Å². The van der Waals surface area contributed by atoms with Gasteiger partial charge in [-0.25, -0.2) is 0 Å². The summed E-state index contributed by atoms with van der Waals surface area (Å²) in [6, 6.07) is 14.0. The quantitative estimate of drug-likeness (QED) is 0.580. The van der Waals surface area contributed by atoms with Crippen molar-refractivity contribution >= 4 is 22.5 Å². The van der Waals surface area contributed by atoms with Gasteiger partial charge in [0.25, 0.3) is 5.89 Å². The summed E-state index contributed by atoms with van der Waals surface area (Å²) in [6.07, 6.45) is 2.29. The maximum absolute atomic E-state index is 12.7. The summed E-state index contributed by atoms with van der Waals surface area (Å²) in [4.78, 5) is 22.3. The summed E-state index contributed by atoms with van der Waals surface area (Å²) in [7, 11) is 0. The van der Waals surface area contributed by atoms with E-state index in [1.54, 1.807) is 0 Å². The Morgan fingerprint density at radius 3 is 2.96 bits per heavy atom. The van der Waals surface area contributed by atoms with E-state index in [1.165, 1.54) is 5.56 Å². The Hall–Kier alpha value is -3.41. The van der Waals surface area contributed by atoms with E-state index in [0.29, 0.717) is 24.7 Å². The largest absolute Gasteiger partial charge is 0.361 e. The monoisotopic (exact) mass is 372 g/mol. The number of aromatic nitrogens is 3. The number of anilines is 1. The predicted molar refractivity (Wildman–Crippen MR) is 107 cm³/mol. The second-order valence-corrected chi connectivity index (χ2v) is 7.36. The number of benzene rings is 2. The van der Waals surface area contributed by atoms with Crippen LogP contribution in [0.1, 0.15) is 29.3 Å². The number of rotatable bonds is 3. The summed E-state index contributed by atoms with van der Waals surface area (Å²) in [5.41, 5.74) is 5.16. The van der Waals surface area contributed by atoms with Gasteiger partial charge >= 0.3 is 0 Å². The molecular weight excluding hydrogens is 352 g/mol. The lowest BCUT2D eigenvalue weighted by atomic mass is 10.1. The van der Waals surface area contributed by atoms with Gasteiger partial charge in [-0.2, -0.15) is 4.98 Å².